The third-order valence-electron chi connectivity index (χ3n) is 2.57. The van der Waals surface area contributed by atoms with E-state index in [4.69, 9.17) is 5.26 Å². The molecule has 1 aromatic rings. The maximum atomic E-state index is 9.84. The van der Waals surface area contributed by atoms with Crippen molar-refractivity contribution < 1.29 is 5.11 Å². The number of rotatable bonds is 2. The van der Waals surface area contributed by atoms with E-state index in [2.05, 4.69) is 13.8 Å². The molecule has 2 heteroatoms. The molecule has 0 aliphatic carbocycles. The second-order valence-corrected chi connectivity index (χ2v) is 4.43. The van der Waals surface area contributed by atoms with Crippen molar-refractivity contribution >= 4 is 0 Å². The first-order valence-electron chi connectivity index (χ1n) is 5.24. The fraction of sp³-hybridized carbons (Fsp3) is 0.462. The molecule has 1 aromatic carbocycles. The Balaban J connectivity index is 3.40. The molecule has 0 radical (unpaired) electrons. The maximum Gasteiger partial charge on any atom is 0.136 e. The third-order valence-corrected chi connectivity index (χ3v) is 2.57. The van der Waals surface area contributed by atoms with Crippen molar-refractivity contribution in [2.75, 3.05) is 0 Å². The van der Waals surface area contributed by atoms with Crippen LogP contribution < -0.4 is 0 Å². The molecule has 0 atom stereocenters. The Morgan fingerprint density at radius 1 is 1.13 bits per heavy atom. The summed E-state index contributed by atoms with van der Waals surface area (Å²) in [5.41, 5.74) is 2.34. The van der Waals surface area contributed by atoms with Gasteiger partial charge in [0.2, 0.25) is 0 Å². The minimum atomic E-state index is 0.136. The van der Waals surface area contributed by atoms with Gasteiger partial charge in [0.05, 0.1) is 5.56 Å². The molecule has 0 aliphatic rings. The number of hydrogen-bond acceptors (Lipinski definition) is 2. The molecule has 80 valence electrons. The van der Waals surface area contributed by atoms with Gasteiger partial charge in [0.25, 0.3) is 0 Å². The summed E-state index contributed by atoms with van der Waals surface area (Å²) in [5, 5.41) is 18.8. The molecule has 0 spiro atoms. The van der Waals surface area contributed by atoms with Gasteiger partial charge in [0.1, 0.15) is 11.8 Å². The van der Waals surface area contributed by atoms with Crippen molar-refractivity contribution in [1.82, 2.24) is 0 Å². The van der Waals surface area contributed by atoms with Crippen LogP contribution >= 0.6 is 0 Å². The molecule has 0 heterocycles. The second-order valence-electron chi connectivity index (χ2n) is 4.43. The van der Waals surface area contributed by atoms with Crippen molar-refractivity contribution in [1.29, 1.82) is 5.26 Å². The minimum Gasteiger partial charge on any atom is -0.506 e. The summed E-state index contributed by atoms with van der Waals surface area (Å²) in [6.45, 7) is 8.19. The highest BCUT2D eigenvalue weighted by atomic mass is 16.3. The summed E-state index contributed by atoms with van der Waals surface area (Å²) in [7, 11) is 0. The fourth-order valence-electron chi connectivity index (χ4n) is 1.54. The molecule has 1 N–H and O–H groups in total. The average Bonchev–Trinajstić information content (AvgIpc) is 2.17. The van der Waals surface area contributed by atoms with Crippen LogP contribution in [0.15, 0.2) is 12.1 Å². The van der Waals surface area contributed by atoms with E-state index in [0.717, 1.165) is 11.1 Å². The number of benzene rings is 1. The van der Waals surface area contributed by atoms with Crippen molar-refractivity contribution in [3.63, 3.8) is 0 Å². The lowest BCUT2D eigenvalue weighted by Gasteiger charge is -2.14. The predicted molar refractivity (Wildman–Crippen MR) is 61.0 cm³/mol. The van der Waals surface area contributed by atoms with Gasteiger partial charge in [0, 0.05) is 0 Å². The first-order valence-corrected chi connectivity index (χ1v) is 5.24. The summed E-state index contributed by atoms with van der Waals surface area (Å²) in [5.74, 6) is 0.739. The fourth-order valence-corrected chi connectivity index (χ4v) is 1.54. The standard InChI is InChI=1S/C13H17NO/c1-8(2)10-5-11(7-14)13(15)12(6-10)9(3)4/h5-6,8-9,15H,1-4H3. The van der Waals surface area contributed by atoms with Gasteiger partial charge in [0.15, 0.2) is 0 Å². The van der Waals surface area contributed by atoms with Crippen molar-refractivity contribution in [3.8, 4) is 11.8 Å². The number of hydrogen-bond donors (Lipinski definition) is 1. The largest absolute Gasteiger partial charge is 0.506 e. The van der Waals surface area contributed by atoms with Gasteiger partial charge in [-0.3, -0.25) is 0 Å². The number of aromatic hydroxyl groups is 1. The van der Waals surface area contributed by atoms with Crippen molar-refractivity contribution in [2.24, 2.45) is 0 Å². The normalized spacial score (nSPS) is 10.7. The average molecular weight is 203 g/mol. The lowest BCUT2D eigenvalue weighted by molar-refractivity contribution is 0.462. The van der Waals surface area contributed by atoms with Gasteiger partial charge in [-0.1, -0.05) is 33.8 Å². The van der Waals surface area contributed by atoms with Gasteiger partial charge < -0.3 is 5.11 Å². The molecule has 0 unspecified atom stereocenters. The van der Waals surface area contributed by atoms with Crippen LogP contribution in [0, 0.1) is 11.3 Å². The molecule has 0 aliphatic heterocycles. The van der Waals surface area contributed by atoms with Crippen LogP contribution in [0.5, 0.6) is 5.75 Å². The summed E-state index contributed by atoms with van der Waals surface area (Å²) >= 11 is 0. The number of nitrogens with zero attached hydrogens (tertiary/aromatic N) is 1. The molecular weight excluding hydrogens is 186 g/mol. The third kappa shape index (κ3) is 2.30. The molecule has 2 nitrogen and oxygen atoms in total. The first kappa shape index (κ1) is 11.6. The van der Waals surface area contributed by atoms with Crippen LogP contribution in [-0.2, 0) is 0 Å². The first-order chi connectivity index (χ1) is 6.97. The van der Waals surface area contributed by atoms with Gasteiger partial charge in [-0.25, -0.2) is 0 Å². The summed E-state index contributed by atoms with van der Waals surface area (Å²) < 4.78 is 0. The minimum absolute atomic E-state index is 0.136. The zero-order chi connectivity index (χ0) is 11.6. The zero-order valence-corrected chi connectivity index (χ0v) is 9.70. The van der Waals surface area contributed by atoms with E-state index in [-0.39, 0.29) is 11.7 Å². The Labute approximate surface area is 91.2 Å². The lowest BCUT2D eigenvalue weighted by atomic mass is 9.92. The molecule has 0 saturated heterocycles. The molecule has 0 fully saturated rings. The Morgan fingerprint density at radius 2 is 1.73 bits per heavy atom. The van der Waals surface area contributed by atoms with Crippen LogP contribution in [0.2, 0.25) is 0 Å². The monoisotopic (exact) mass is 203 g/mol. The zero-order valence-electron chi connectivity index (χ0n) is 9.70. The van der Waals surface area contributed by atoms with Crippen molar-refractivity contribution in [3.05, 3.63) is 28.8 Å². The van der Waals surface area contributed by atoms with Gasteiger partial charge in [-0.2, -0.15) is 5.26 Å². The molecule has 0 amide bonds. The van der Waals surface area contributed by atoms with E-state index in [0.29, 0.717) is 11.5 Å². The van der Waals surface area contributed by atoms with Crippen LogP contribution in [0.1, 0.15) is 56.2 Å². The molecule has 0 bridgehead atoms. The molecule has 1 rings (SSSR count). The van der Waals surface area contributed by atoms with E-state index < -0.39 is 0 Å². The lowest BCUT2D eigenvalue weighted by Crippen LogP contribution is -1.96. The number of phenols is 1. The van der Waals surface area contributed by atoms with Gasteiger partial charge in [-0.15, -0.1) is 0 Å². The van der Waals surface area contributed by atoms with Crippen LogP contribution in [0.3, 0.4) is 0 Å². The molecule has 0 aromatic heterocycles. The number of nitriles is 1. The molecule has 0 saturated carbocycles. The number of phenolic OH excluding ortho intramolecular Hbond substituents is 1. The highest BCUT2D eigenvalue weighted by Gasteiger charge is 2.13. The Hall–Kier alpha value is -1.49. The summed E-state index contributed by atoms with van der Waals surface area (Å²) in [4.78, 5) is 0. The predicted octanol–water partition coefficient (Wildman–Crippen LogP) is 3.51. The highest BCUT2D eigenvalue weighted by Crippen LogP contribution is 2.32. The van der Waals surface area contributed by atoms with E-state index >= 15 is 0 Å². The quantitative estimate of drug-likeness (QED) is 0.799. The van der Waals surface area contributed by atoms with E-state index in [1.165, 1.54) is 0 Å². The van der Waals surface area contributed by atoms with E-state index in [9.17, 15) is 5.11 Å². The Bertz CT molecular complexity index is 400. The van der Waals surface area contributed by atoms with E-state index in [1.807, 2.05) is 26.0 Å². The second kappa shape index (κ2) is 4.35. The summed E-state index contributed by atoms with van der Waals surface area (Å²) in [6, 6.07) is 5.80. The topological polar surface area (TPSA) is 44.0 Å². The SMILES string of the molecule is CC(C)c1cc(C#N)c(O)c(C(C)C)c1. The van der Waals surface area contributed by atoms with Crippen LogP contribution in [-0.4, -0.2) is 5.11 Å². The highest BCUT2D eigenvalue weighted by molar-refractivity contribution is 5.51. The molecule has 15 heavy (non-hydrogen) atoms. The Morgan fingerprint density at radius 3 is 2.13 bits per heavy atom. The Kier molecular flexibility index (Phi) is 3.36. The van der Waals surface area contributed by atoms with Crippen molar-refractivity contribution in [2.45, 2.75) is 39.5 Å². The smallest absolute Gasteiger partial charge is 0.136 e. The maximum absolute atomic E-state index is 9.84. The van der Waals surface area contributed by atoms with Gasteiger partial charge in [-0.05, 0) is 29.0 Å². The summed E-state index contributed by atoms with van der Waals surface area (Å²) in [6.07, 6.45) is 0. The van der Waals surface area contributed by atoms with Crippen LogP contribution in [0.4, 0.5) is 0 Å². The molecular formula is C13H17NO. The van der Waals surface area contributed by atoms with Crippen LogP contribution in [0.25, 0.3) is 0 Å². The van der Waals surface area contributed by atoms with Gasteiger partial charge >= 0.3 is 0 Å². The van der Waals surface area contributed by atoms with E-state index in [1.54, 1.807) is 6.07 Å².